The largest absolute Gasteiger partial charge is 0.390 e. The van der Waals surface area contributed by atoms with Crippen LogP contribution in [0.15, 0.2) is 24.3 Å². The SMILES string of the molecule is O=S(=O)(Cc1ccccc1F)N1CC[C@H](O)[C@]2(CCCO2)C1. The first-order chi connectivity index (χ1) is 10.4. The summed E-state index contributed by atoms with van der Waals surface area (Å²) < 4.78 is 45.8. The lowest BCUT2D eigenvalue weighted by Crippen LogP contribution is -2.57. The Balaban J connectivity index is 1.79. The van der Waals surface area contributed by atoms with Crippen LogP contribution in [0.25, 0.3) is 0 Å². The quantitative estimate of drug-likeness (QED) is 0.907. The predicted octanol–water partition coefficient (Wildman–Crippen LogP) is 1.27. The van der Waals surface area contributed by atoms with Crippen molar-refractivity contribution in [2.24, 2.45) is 0 Å². The second-order valence-electron chi connectivity index (χ2n) is 6.00. The summed E-state index contributed by atoms with van der Waals surface area (Å²) in [6.07, 6.45) is 1.17. The van der Waals surface area contributed by atoms with Crippen LogP contribution in [0.3, 0.4) is 0 Å². The molecule has 1 N–H and O–H groups in total. The molecule has 2 atom stereocenters. The van der Waals surface area contributed by atoms with Gasteiger partial charge in [-0.3, -0.25) is 0 Å². The third-order valence-corrected chi connectivity index (χ3v) is 6.30. The van der Waals surface area contributed by atoms with Gasteiger partial charge in [0.2, 0.25) is 10.0 Å². The zero-order valence-electron chi connectivity index (χ0n) is 12.2. The molecule has 5 nitrogen and oxygen atoms in total. The van der Waals surface area contributed by atoms with E-state index in [1.165, 1.54) is 22.5 Å². The van der Waals surface area contributed by atoms with Gasteiger partial charge in [0.1, 0.15) is 11.4 Å². The topological polar surface area (TPSA) is 66.8 Å². The van der Waals surface area contributed by atoms with E-state index in [4.69, 9.17) is 4.74 Å². The molecule has 1 aromatic carbocycles. The highest BCUT2D eigenvalue weighted by Crippen LogP contribution is 2.36. The Morgan fingerprint density at radius 1 is 1.41 bits per heavy atom. The van der Waals surface area contributed by atoms with Crippen LogP contribution < -0.4 is 0 Å². The Kier molecular flexibility index (Phi) is 4.24. The van der Waals surface area contributed by atoms with E-state index in [0.717, 1.165) is 6.42 Å². The molecule has 0 aliphatic carbocycles. The van der Waals surface area contributed by atoms with Gasteiger partial charge in [0, 0.05) is 25.3 Å². The van der Waals surface area contributed by atoms with Gasteiger partial charge >= 0.3 is 0 Å². The summed E-state index contributed by atoms with van der Waals surface area (Å²) in [5, 5.41) is 10.2. The summed E-state index contributed by atoms with van der Waals surface area (Å²) in [6, 6.07) is 5.89. The fourth-order valence-electron chi connectivity index (χ4n) is 3.26. The average Bonchev–Trinajstić information content (AvgIpc) is 2.94. The average molecular weight is 329 g/mol. The highest BCUT2D eigenvalue weighted by molar-refractivity contribution is 7.88. The Hall–Kier alpha value is -1.02. The van der Waals surface area contributed by atoms with Gasteiger partial charge in [-0.05, 0) is 25.3 Å². The summed E-state index contributed by atoms with van der Waals surface area (Å²) in [7, 11) is -3.64. The summed E-state index contributed by atoms with van der Waals surface area (Å²) >= 11 is 0. The lowest BCUT2D eigenvalue weighted by molar-refractivity contribution is -0.118. The van der Waals surface area contributed by atoms with Crippen LogP contribution in [0.2, 0.25) is 0 Å². The van der Waals surface area contributed by atoms with Crippen molar-refractivity contribution in [1.29, 1.82) is 0 Å². The molecule has 0 saturated carbocycles. The van der Waals surface area contributed by atoms with Crippen LogP contribution in [-0.4, -0.2) is 49.2 Å². The van der Waals surface area contributed by atoms with Gasteiger partial charge in [-0.2, -0.15) is 4.31 Å². The summed E-state index contributed by atoms with van der Waals surface area (Å²) in [5.74, 6) is -0.888. The van der Waals surface area contributed by atoms with Crippen LogP contribution in [0.4, 0.5) is 4.39 Å². The first-order valence-electron chi connectivity index (χ1n) is 7.46. The number of hydrogen-bond acceptors (Lipinski definition) is 4. The normalized spacial score (nSPS) is 30.0. The number of nitrogens with zero attached hydrogens (tertiary/aromatic N) is 1. The smallest absolute Gasteiger partial charge is 0.218 e. The van der Waals surface area contributed by atoms with E-state index in [9.17, 15) is 17.9 Å². The number of rotatable bonds is 3. The number of hydrogen-bond donors (Lipinski definition) is 1. The molecular formula is C15H20FNO4S. The molecule has 2 heterocycles. The number of aliphatic hydroxyl groups excluding tert-OH is 1. The first-order valence-corrected chi connectivity index (χ1v) is 9.07. The Bertz CT molecular complexity index is 643. The van der Waals surface area contributed by atoms with Gasteiger partial charge in [-0.25, -0.2) is 12.8 Å². The molecule has 1 spiro atoms. The Labute approximate surface area is 129 Å². The fraction of sp³-hybridized carbons (Fsp3) is 0.600. The van der Waals surface area contributed by atoms with Crippen molar-refractivity contribution in [3.8, 4) is 0 Å². The van der Waals surface area contributed by atoms with Gasteiger partial charge in [0.15, 0.2) is 0 Å². The summed E-state index contributed by atoms with van der Waals surface area (Å²) in [6.45, 7) is 0.923. The number of benzene rings is 1. The van der Waals surface area contributed by atoms with E-state index in [-0.39, 0.29) is 24.4 Å². The third kappa shape index (κ3) is 2.90. The fourth-order valence-corrected chi connectivity index (χ4v) is 4.87. The lowest BCUT2D eigenvalue weighted by atomic mass is 9.88. The third-order valence-electron chi connectivity index (χ3n) is 4.53. The molecule has 0 bridgehead atoms. The molecule has 0 radical (unpaired) electrons. The molecule has 3 rings (SSSR count). The van der Waals surface area contributed by atoms with Crippen molar-refractivity contribution in [1.82, 2.24) is 4.31 Å². The number of ether oxygens (including phenoxy) is 1. The molecule has 0 amide bonds. The van der Waals surface area contributed by atoms with Gasteiger partial charge in [0.25, 0.3) is 0 Å². The van der Waals surface area contributed by atoms with Crippen LogP contribution in [0.5, 0.6) is 0 Å². The van der Waals surface area contributed by atoms with Crippen molar-refractivity contribution in [3.05, 3.63) is 35.6 Å². The van der Waals surface area contributed by atoms with Crippen molar-refractivity contribution < 1.29 is 22.7 Å². The number of sulfonamides is 1. The minimum atomic E-state index is -3.64. The maximum absolute atomic E-state index is 13.7. The Morgan fingerprint density at radius 2 is 2.18 bits per heavy atom. The van der Waals surface area contributed by atoms with Gasteiger partial charge in [-0.15, -0.1) is 0 Å². The minimum absolute atomic E-state index is 0.144. The van der Waals surface area contributed by atoms with Crippen LogP contribution in [0.1, 0.15) is 24.8 Å². The maximum Gasteiger partial charge on any atom is 0.218 e. The molecule has 122 valence electrons. The van der Waals surface area contributed by atoms with Crippen molar-refractivity contribution in [2.45, 2.75) is 36.7 Å². The zero-order valence-corrected chi connectivity index (χ0v) is 13.1. The van der Waals surface area contributed by atoms with Gasteiger partial charge in [0.05, 0.1) is 11.9 Å². The van der Waals surface area contributed by atoms with E-state index in [1.807, 2.05) is 0 Å². The van der Waals surface area contributed by atoms with Crippen LogP contribution in [-0.2, 0) is 20.5 Å². The Morgan fingerprint density at radius 3 is 2.86 bits per heavy atom. The number of aliphatic hydroxyl groups is 1. The number of piperidine rings is 1. The predicted molar refractivity (Wildman–Crippen MR) is 79.1 cm³/mol. The lowest BCUT2D eigenvalue weighted by Gasteiger charge is -2.42. The van der Waals surface area contributed by atoms with Crippen molar-refractivity contribution >= 4 is 10.0 Å². The summed E-state index contributed by atoms with van der Waals surface area (Å²) in [5.41, 5.74) is -0.629. The van der Waals surface area contributed by atoms with Crippen LogP contribution in [0, 0.1) is 5.82 Å². The van der Waals surface area contributed by atoms with E-state index >= 15 is 0 Å². The van der Waals surface area contributed by atoms with Gasteiger partial charge in [-0.1, -0.05) is 18.2 Å². The monoisotopic (exact) mass is 329 g/mol. The standard InChI is InChI=1S/C15H20FNO4S/c16-13-5-2-1-4-12(13)10-22(19,20)17-8-6-14(18)15(11-17)7-3-9-21-15/h1-2,4-5,14,18H,3,6-11H2/t14-,15-/m0/s1. The first kappa shape index (κ1) is 15.9. The minimum Gasteiger partial charge on any atom is -0.390 e. The molecule has 2 aliphatic rings. The second kappa shape index (κ2) is 5.88. The molecule has 1 aromatic rings. The second-order valence-corrected chi connectivity index (χ2v) is 7.97. The highest BCUT2D eigenvalue weighted by atomic mass is 32.2. The zero-order chi connectivity index (χ0) is 15.8. The van der Waals surface area contributed by atoms with E-state index in [0.29, 0.717) is 19.4 Å². The molecule has 0 aromatic heterocycles. The summed E-state index contributed by atoms with van der Waals surface area (Å²) in [4.78, 5) is 0. The molecule has 22 heavy (non-hydrogen) atoms. The number of halogens is 1. The molecule has 0 unspecified atom stereocenters. The van der Waals surface area contributed by atoms with Gasteiger partial charge < -0.3 is 9.84 Å². The van der Waals surface area contributed by atoms with Crippen molar-refractivity contribution in [2.75, 3.05) is 19.7 Å². The molecular weight excluding hydrogens is 309 g/mol. The van der Waals surface area contributed by atoms with Crippen molar-refractivity contribution in [3.63, 3.8) is 0 Å². The van der Waals surface area contributed by atoms with E-state index in [2.05, 4.69) is 0 Å². The van der Waals surface area contributed by atoms with E-state index in [1.54, 1.807) is 6.07 Å². The van der Waals surface area contributed by atoms with Crippen LogP contribution >= 0.6 is 0 Å². The molecule has 2 fully saturated rings. The highest BCUT2D eigenvalue weighted by Gasteiger charge is 2.48. The molecule has 2 saturated heterocycles. The molecule has 2 aliphatic heterocycles. The maximum atomic E-state index is 13.7. The molecule has 7 heteroatoms. The van der Waals surface area contributed by atoms with E-state index < -0.39 is 27.5 Å².